The van der Waals surface area contributed by atoms with E-state index in [0.29, 0.717) is 22.4 Å². The highest BCUT2D eigenvalue weighted by molar-refractivity contribution is 6.09. The monoisotopic (exact) mass is 611 g/mol. The van der Waals surface area contributed by atoms with Crippen LogP contribution >= 0.6 is 0 Å². The van der Waals surface area contributed by atoms with Crippen molar-refractivity contribution in [3.63, 3.8) is 0 Å². The molecule has 0 bridgehead atoms. The van der Waals surface area contributed by atoms with Crippen molar-refractivity contribution in [2.24, 2.45) is 40.2 Å². The van der Waals surface area contributed by atoms with Gasteiger partial charge in [0.1, 0.15) is 30.1 Å². The van der Waals surface area contributed by atoms with Gasteiger partial charge in [-0.05, 0) is 65.0 Å². The van der Waals surface area contributed by atoms with Crippen LogP contribution in [0.2, 0.25) is 0 Å². The molecule has 44 heavy (non-hydrogen) atoms. The van der Waals surface area contributed by atoms with E-state index in [-0.39, 0.29) is 36.7 Å². The summed E-state index contributed by atoms with van der Waals surface area (Å²) in [6, 6.07) is 8.55. The van der Waals surface area contributed by atoms with Crippen molar-refractivity contribution in [3.05, 3.63) is 47.0 Å². The highest BCUT2D eigenvalue weighted by Crippen LogP contribution is 2.66. The zero-order valence-corrected chi connectivity index (χ0v) is 25.8. The third kappa shape index (κ3) is 4.32. The highest BCUT2D eigenvalue weighted by Gasteiger charge is 2.75. The molecular weight excluding hydrogens is 570 g/mol. The number of primary amides is 1. The summed E-state index contributed by atoms with van der Waals surface area (Å²) in [6.45, 7) is 7.16. The Morgan fingerprint density at radius 1 is 1.11 bits per heavy atom. The first-order chi connectivity index (χ1) is 20.6. The number of aliphatic hydroxyl groups is 3. The van der Waals surface area contributed by atoms with Crippen molar-refractivity contribution in [2.75, 3.05) is 14.2 Å². The molecule has 5 rings (SSSR count). The van der Waals surface area contributed by atoms with E-state index >= 15 is 0 Å². The number of fused-ring (bicyclic) bond motifs is 3. The van der Waals surface area contributed by atoms with Gasteiger partial charge in [0.05, 0.1) is 31.8 Å². The molecule has 238 valence electrons. The van der Waals surface area contributed by atoms with Crippen molar-refractivity contribution < 1.29 is 49.3 Å². The van der Waals surface area contributed by atoms with Gasteiger partial charge in [0.25, 0.3) is 0 Å². The van der Waals surface area contributed by atoms with Crippen molar-refractivity contribution >= 4 is 17.5 Å². The molecular formula is C33H41NO10. The number of amides is 1. The normalized spacial score (nSPS) is 34.7. The van der Waals surface area contributed by atoms with Gasteiger partial charge in [-0.2, -0.15) is 0 Å². The average Bonchev–Trinajstić information content (AvgIpc) is 2.93. The van der Waals surface area contributed by atoms with E-state index in [9.17, 15) is 34.8 Å². The minimum atomic E-state index is -2.56. The van der Waals surface area contributed by atoms with Gasteiger partial charge >= 0.3 is 0 Å². The molecule has 0 radical (unpaired) electrons. The first kappa shape index (κ1) is 32.1. The summed E-state index contributed by atoms with van der Waals surface area (Å²) in [7, 11) is 2.93. The van der Waals surface area contributed by atoms with Gasteiger partial charge in [-0.15, -0.1) is 0 Å². The fourth-order valence-electron chi connectivity index (χ4n) is 8.98. The van der Waals surface area contributed by atoms with Crippen molar-refractivity contribution in [3.8, 4) is 22.6 Å². The number of aliphatic hydroxyl groups excluding tert-OH is 2. The highest BCUT2D eigenvalue weighted by atomic mass is 17.2. The largest absolute Gasteiger partial charge is 0.507 e. The number of carbonyl (C=O) groups is 3. The van der Waals surface area contributed by atoms with Crippen LogP contribution in [0.3, 0.4) is 0 Å². The second kappa shape index (κ2) is 10.9. The Labute approximate surface area is 255 Å². The molecule has 2 aromatic carbocycles. The van der Waals surface area contributed by atoms with Crippen LogP contribution in [-0.2, 0) is 32.4 Å². The maximum Gasteiger partial charge on any atom is 0.230 e. The molecule has 1 amide bonds. The number of ketones is 2. The maximum atomic E-state index is 14.4. The summed E-state index contributed by atoms with van der Waals surface area (Å²) in [5, 5.41) is 46.5. The molecule has 0 spiro atoms. The van der Waals surface area contributed by atoms with Gasteiger partial charge in [-0.25, -0.2) is 9.78 Å². The number of hydrogen-bond acceptors (Lipinski definition) is 10. The van der Waals surface area contributed by atoms with E-state index in [4.69, 9.17) is 20.2 Å². The predicted octanol–water partition coefficient (Wildman–Crippen LogP) is 2.33. The number of methoxy groups -OCH3 is 1. The van der Waals surface area contributed by atoms with Gasteiger partial charge in [0.2, 0.25) is 5.91 Å². The van der Waals surface area contributed by atoms with Crippen LogP contribution in [0.4, 0.5) is 0 Å². The Bertz CT molecular complexity index is 1520. The number of phenolic OH excluding ortho intramolecular Hbond substituents is 1. The molecule has 3 aliphatic rings. The number of aromatic hydroxyl groups is 1. The molecule has 6 N–H and O–H groups in total. The molecule has 8 atom stereocenters. The van der Waals surface area contributed by atoms with Crippen LogP contribution < -0.4 is 10.5 Å². The topological polar surface area (TPSA) is 186 Å². The minimum Gasteiger partial charge on any atom is -0.507 e. The number of ether oxygens (including phenoxy) is 1. The van der Waals surface area contributed by atoms with Gasteiger partial charge in [-0.3, -0.25) is 14.4 Å². The molecule has 3 aliphatic carbocycles. The molecule has 2 saturated carbocycles. The second-order valence-electron chi connectivity index (χ2n) is 13.4. The zero-order valence-electron chi connectivity index (χ0n) is 25.8. The number of carbonyl (C=O) groups excluding carboxylic acids is 3. The van der Waals surface area contributed by atoms with Gasteiger partial charge in [-0.1, -0.05) is 39.8 Å². The summed E-state index contributed by atoms with van der Waals surface area (Å²) >= 11 is 0. The second-order valence-corrected chi connectivity index (χ2v) is 13.4. The maximum absolute atomic E-state index is 14.4. The fraction of sp³-hybridized carbons (Fsp3) is 0.545. The van der Waals surface area contributed by atoms with E-state index < -0.39 is 63.9 Å². The van der Waals surface area contributed by atoms with Crippen molar-refractivity contribution in [2.45, 2.75) is 65.0 Å². The molecule has 2 unspecified atom stereocenters. The number of hydrogen-bond donors (Lipinski definition) is 5. The Hall–Kier alpha value is -3.35. The van der Waals surface area contributed by atoms with Gasteiger partial charge in [0.15, 0.2) is 17.2 Å². The lowest BCUT2D eigenvalue weighted by Crippen LogP contribution is -2.79. The number of benzene rings is 2. The van der Waals surface area contributed by atoms with E-state index in [1.54, 1.807) is 32.9 Å². The molecule has 11 nitrogen and oxygen atoms in total. The molecule has 0 aliphatic heterocycles. The third-order valence-electron chi connectivity index (χ3n) is 10.6. The summed E-state index contributed by atoms with van der Waals surface area (Å²) in [4.78, 5) is 50.5. The fourth-order valence-corrected chi connectivity index (χ4v) is 8.98. The Balaban J connectivity index is 1.70. The van der Waals surface area contributed by atoms with Crippen LogP contribution in [-0.4, -0.2) is 69.9 Å². The number of rotatable bonds is 7. The first-order valence-corrected chi connectivity index (χ1v) is 14.7. The van der Waals surface area contributed by atoms with Gasteiger partial charge in [0, 0.05) is 11.0 Å². The average molecular weight is 612 g/mol. The molecule has 0 aromatic heterocycles. The van der Waals surface area contributed by atoms with Crippen molar-refractivity contribution in [1.82, 2.24) is 0 Å². The molecule has 2 fully saturated rings. The quantitative estimate of drug-likeness (QED) is 0.177. The van der Waals surface area contributed by atoms with Crippen LogP contribution in [0.5, 0.6) is 11.5 Å². The molecule has 0 saturated heterocycles. The summed E-state index contributed by atoms with van der Waals surface area (Å²) in [5.41, 5.74) is 3.15. The molecule has 2 aromatic rings. The Morgan fingerprint density at radius 3 is 2.39 bits per heavy atom. The Morgan fingerprint density at radius 2 is 1.80 bits per heavy atom. The van der Waals surface area contributed by atoms with Crippen LogP contribution in [0.1, 0.15) is 55.6 Å². The summed E-state index contributed by atoms with van der Waals surface area (Å²) in [5.74, 6) is -6.74. The third-order valence-corrected chi connectivity index (χ3v) is 10.6. The SMILES string of the molecule is COOCc1cc(-c2ccc(O)c3c2C[C@]2(C)C[C@]4(C)[C@@H](C(C)C)C(O)[C@@H](C(N)=O)C(=O)[C@]4(O)C(O)[C@H]2C3=O)ccc1OC. The smallest absolute Gasteiger partial charge is 0.230 e. The lowest BCUT2D eigenvalue weighted by molar-refractivity contribution is -0.282. The van der Waals surface area contributed by atoms with Crippen LogP contribution in [0, 0.1) is 34.5 Å². The first-order valence-electron chi connectivity index (χ1n) is 14.7. The number of nitrogens with two attached hydrogens (primary N) is 1. The van der Waals surface area contributed by atoms with E-state index in [1.165, 1.54) is 20.3 Å². The molecule has 0 heterocycles. The minimum absolute atomic E-state index is 0.00288. The summed E-state index contributed by atoms with van der Waals surface area (Å²) in [6.07, 6.45) is -3.16. The van der Waals surface area contributed by atoms with E-state index in [2.05, 4.69) is 0 Å². The van der Waals surface area contributed by atoms with Crippen LogP contribution in [0.25, 0.3) is 11.1 Å². The van der Waals surface area contributed by atoms with Crippen LogP contribution in [0.15, 0.2) is 30.3 Å². The summed E-state index contributed by atoms with van der Waals surface area (Å²) < 4.78 is 5.46. The lowest BCUT2D eigenvalue weighted by atomic mass is 9.39. The number of Topliss-reactive ketones (excluding diaryl/α,β-unsaturated/α-hetero) is 2. The van der Waals surface area contributed by atoms with E-state index in [1.807, 2.05) is 19.1 Å². The number of phenols is 1. The van der Waals surface area contributed by atoms with Crippen molar-refractivity contribution in [1.29, 1.82) is 0 Å². The zero-order chi connectivity index (χ0) is 32.5. The van der Waals surface area contributed by atoms with E-state index in [0.717, 1.165) is 5.56 Å². The molecule has 11 heteroatoms. The standard InChI is InChI=1S/C33H41NO10/c1-15(2)24-27(37)23(30(34)40)28(38)33(41)29(39)25-26(36)22-19(12-31(25,3)14-32(24,33)4)18(8-9-20(22)35)16-7-10-21(42-5)17(11-16)13-44-43-6/h7-11,15,23-25,27,29,35,37,39,41H,12-14H2,1-6H3,(H2,34,40)/t23-,24+,25-,27?,29?,31-,32-,33+/m1/s1. The predicted molar refractivity (Wildman–Crippen MR) is 157 cm³/mol. The lowest BCUT2D eigenvalue weighted by Gasteiger charge is -2.66. The Kier molecular flexibility index (Phi) is 7.96. The van der Waals surface area contributed by atoms with Gasteiger partial charge < -0.3 is 30.9 Å².